The molecule has 0 amide bonds. The summed E-state index contributed by atoms with van der Waals surface area (Å²) < 4.78 is 80.2. The molecule has 1 aromatic carbocycles. The topological polar surface area (TPSA) is 26.3 Å². The highest BCUT2D eigenvalue weighted by molar-refractivity contribution is 6.04. The fourth-order valence-corrected chi connectivity index (χ4v) is 1.40. The summed E-state index contributed by atoms with van der Waals surface area (Å²) in [4.78, 5) is 11.6. The zero-order chi connectivity index (χ0) is 16.3. The van der Waals surface area contributed by atoms with E-state index in [1.54, 1.807) is 6.92 Å². The zero-order valence-corrected chi connectivity index (χ0v) is 10.7. The lowest BCUT2D eigenvalue weighted by molar-refractivity contribution is -0.143. The maximum Gasteiger partial charge on any atom is 0.416 e. The van der Waals surface area contributed by atoms with Gasteiger partial charge in [-0.25, -0.2) is 0 Å². The monoisotopic (exact) mass is 312 g/mol. The van der Waals surface area contributed by atoms with E-state index in [4.69, 9.17) is 0 Å². The number of hydrogen-bond acceptors (Lipinski definition) is 2. The van der Waals surface area contributed by atoms with Crippen LogP contribution in [0.4, 0.5) is 26.3 Å². The van der Waals surface area contributed by atoms with E-state index in [9.17, 15) is 31.1 Å². The largest absolute Gasteiger partial charge is 0.501 e. The van der Waals surface area contributed by atoms with Crippen LogP contribution in [0.2, 0.25) is 0 Å². The Morgan fingerprint density at radius 2 is 1.52 bits per heavy atom. The molecule has 2 nitrogen and oxygen atoms in total. The maximum atomic E-state index is 12.6. The molecule has 0 heterocycles. The number of ketones is 1. The Morgan fingerprint density at radius 1 is 1.05 bits per heavy atom. The Labute approximate surface area is 116 Å². The minimum Gasteiger partial charge on any atom is -0.501 e. The van der Waals surface area contributed by atoms with Gasteiger partial charge in [-0.3, -0.25) is 4.79 Å². The Hall–Kier alpha value is -1.99. The van der Waals surface area contributed by atoms with Crippen LogP contribution in [0.1, 0.15) is 28.4 Å². The van der Waals surface area contributed by atoms with Gasteiger partial charge in [0.05, 0.1) is 24.0 Å². The molecule has 0 atom stereocenters. The summed E-state index contributed by atoms with van der Waals surface area (Å²) in [6.45, 7) is 1.81. The third-order valence-corrected chi connectivity index (χ3v) is 2.35. The summed E-state index contributed by atoms with van der Waals surface area (Å²) in [6.07, 6.45) is -8.30. The second-order valence-electron chi connectivity index (χ2n) is 3.92. The van der Waals surface area contributed by atoms with Crippen molar-refractivity contribution in [3.05, 3.63) is 47.2 Å². The predicted octanol–water partition coefficient (Wildman–Crippen LogP) is 4.46. The zero-order valence-electron chi connectivity index (χ0n) is 10.7. The van der Waals surface area contributed by atoms with Crippen molar-refractivity contribution in [1.82, 2.24) is 0 Å². The molecule has 0 aliphatic heterocycles. The van der Waals surface area contributed by atoms with E-state index in [1.165, 1.54) is 0 Å². The van der Waals surface area contributed by atoms with E-state index < -0.39 is 34.8 Å². The Balaban J connectivity index is 3.29. The Kier molecular flexibility index (Phi) is 5.03. The van der Waals surface area contributed by atoms with Gasteiger partial charge in [-0.1, -0.05) is 0 Å². The number of benzene rings is 1. The van der Waals surface area contributed by atoms with Crippen molar-refractivity contribution in [3.63, 3.8) is 0 Å². The highest BCUT2D eigenvalue weighted by Crippen LogP contribution is 2.36. The molecular weight excluding hydrogens is 302 g/mol. The highest BCUT2D eigenvalue weighted by atomic mass is 19.4. The molecule has 21 heavy (non-hydrogen) atoms. The van der Waals surface area contributed by atoms with Gasteiger partial charge >= 0.3 is 12.4 Å². The van der Waals surface area contributed by atoms with Crippen LogP contribution in [0, 0.1) is 0 Å². The molecule has 0 bridgehead atoms. The first-order chi connectivity index (χ1) is 9.55. The molecule has 1 rings (SSSR count). The molecule has 0 saturated heterocycles. The molecule has 0 unspecified atom stereocenters. The SMILES string of the molecule is CCOC=CC(=O)c1cc(C(F)(F)F)cc(C(F)(F)F)c1. The first-order valence-electron chi connectivity index (χ1n) is 5.67. The van der Waals surface area contributed by atoms with Crippen molar-refractivity contribution in [3.8, 4) is 0 Å². The van der Waals surface area contributed by atoms with Gasteiger partial charge < -0.3 is 4.74 Å². The van der Waals surface area contributed by atoms with E-state index in [1.807, 2.05) is 0 Å². The highest BCUT2D eigenvalue weighted by Gasteiger charge is 2.37. The van der Waals surface area contributed by atoms with Crippen molar-refractivity contribution in [2.45, 2.75) is 19.3 Å². The number of ether oxygens (including phenoxy) is 1. The lowest BCUT2D eigenvalue weighted by Gasteiger charge is -2.13. The average Bonchev–Trinajstić information content (AvgIpc) is 2.36. The van der Waals surface area contributed by atoms with Crippen LogP contribution in [0.5, 0.6) is 0 Å². The van der Waals surface area contributed by atoms with Gasteiger partial charge in [0.2, 0.25) is 0 Å². The van der Waals surface area contributed by atoms with Gasteiger partial charge in [-0.05, 0) is 25.1 Å². The minimum atomic E-state index is -4.99. The van der Waals surface area contributed by atoms with Crippen molar-refractivity contribution in [2.75, 3.05) is 6.61 Å². The van der Waals surface area contributed by atoms with Crippen LogP contribution in [0.15, 0.2) is 30.5 Å². The lowest BCUT2D eigenvalue weighted by atomic mass is 10.0. The van der Waals surface area contributed by atoms with Crippen LogP contribution in [0.25, 0.3) is 0 Å². The summed E-state index contributed by atoms with van der Waals surface area (Å²) in [7, 11) is 0. The third-order valence-electron chi connectivity index (χ3n) is 2.35. The van der Waals surface area contributed by atoms with Crippen LogP contribution in [-0.4, -0.2) is 12.4 Å². The number of hydrogen-bond donors (Lipinski definition) is 0. The van der Waals surface area contributed by atoms with E-state index in [0.717, 1.165) is 12.3 Å². The van der Waals surface area contributed by atoms with Crippen LogP contribution in [0.3, 0.4) is 0 Å². The smallest absolute Gasteiger partial charge is 0.416 e. The molecule has 0 spiro atoms. The Morgan fingerprint density at radius 3 is 1.90 bits per heavy atom. The van der Waals surface area contributed by atoms with Gasteiger partial charge in [-0.2, -0.15) is 26.3 Å². The normalized spacial score (nSPS) is 12.7. The van der Waals surface area contributed by atoms with Gasteiger partial charge in [0, 0.05) is 11.6 Å². The lowest BCUT2D eigenvalue weighted by Crippen LogP contribution is -2.13. The van der Waals surface area contributed by atoms with Crippen molar-refractivity contribution in [2.24, 2.45) is 0 Å². The van der Waals surface area contributed by atoms with Crippen molar-refractivity contribution in [1.29, 1.82) is 0 Å². The molecule has 1 aromatic rings. The van der Waals surface area contributed by atoms with Crippen molar-refractivity contribution < 1.29 is 35.9 Å². The summed E-state index contributed by atoms with van der Waals surface area (Å²) in [6, 6.07) is 0.699. The van der Waals surface area contributed by atoms with Gasteiger partial charge in [-0.15, -0.1) is 0 Å². The average molecular weight is 312 g/mol. The molecule has 0 aliphatic carbocycles. The Bertz CT molecular complexity index is 510. The first-order valence-corrected chi connectivity index (χ1v) is 5.67. The minimum absolute atomic E-state index is 0.0387. The summed E-state index contributed by atoms with van der Waals surface area (Å²) in [5.74, 6) is -1.01. The van der Waals surface area contributed by atoms with Crippen LogP contribution >= 0.6 is 0 Å². The molecule has 0 fully saturated rings. The molecule has 0 aromatic heterocycles. The standard InChI is InChI=1S/C13H10F6O2/c1-2-21-4-3-11(20)8-5-9(12(14,15)16)7-10(6-8)13(17,18)19/h3-7H,2H2,1H3. The molecule has 0 aliphatic rings. The number of halogens is 6. The quantitative estimate of drug-likeness (QED) is 0.355. The second kappa shape index (κ2) is 6.19. The number of alkyl halides is 6. The number of carbonyl (C=O) groups is 1. The first kappa shape index (κ1) is 17.1. The van der Waals surface area contributed by atoms with Crippen molar-refractivity contribution >= 4 is 5.78 Å². The van der Waals surface area contributed by atoms with E-state index in [2.05, 4.69) is 4.74 Å². The molecule has 0 N–H and O–H groups in total. The van der Waals surface area contributed by atoms with Gasteiger partial charge in [0.25, 0.3) is 0 Å². The number of allylic oxidation sites excluding steroid dienone is 1. The third kappa shape index (κ3) is 4.80. The number of rotatable bonds is 4. The fourth-order valence-electron chi connectivity index (χ4n) is 1.40. The predicted molar refractivity (Wildman–Crippen MR) is 61.5 cm³/mol. The molecule has 0 saturated carbocycles. The van der Waals surface area contributed by atoms with Gasteiger partial charge in [0.15, 0.2) is 5.78 Å². The molecule has 0 radical (unpaired) electrons. The van der Waals surface area contributed by atoms with Crippen LogP contribution in [-0.2, 0) is 17.1 Å². The number of carbonyl (C=O) groups excluding carboxylic acids is 1. The molecule has 116 valence electrons. The molecular formula is C13H10F6O2. The van der Waals surface area contributed by atoms with Crippen LogP contribution < -0.4 is 0 Å². The maximum absolute atomic E-state index is 12.6. The summed E-state index contributed by atoms with van der Waals surface area (Å²) in [5, 5.41) is 0. The van der Waals surface area contributed by atoms with Gasteiger partial charge in [0.1, 0.15) is 0 Å². The molecule has 8 heteroatoms. The van der Waals surface area contributed by atoms with E-state index in [-0.39, 0.29) is 12.7 Å². The second-order valence-corrected chi connectivity index (χ2v) is 3.92. The fraction of sp³-hybridized carbons (Fsp3) is 0.308. The van der Waals surface area contributed by atoms with E-state index >= 15 is 0 Å². The summed E-state index contributed by atoms with van der Waals surface area (Å²) in [5.41, 5.74) is -3.79. The van der Waals surface area contributed by atoms with E-state index in [0.29, 0.717) is 12.1 Å². The summed E-state index contributed by atoms with van der Waals surface area (Å²) >= 11 is 0.